The zero-order chi connectivity index (χ0) is 32.9. The van der Waals surface area contributed by atoms with Crippen LogP contribution >= 0.6 is 11.8 Å². The van der Waals surface area contributed by atoms with Gasteiger partial charge in [0.2, 0.25) is 23.0 Å². The van der Waals surface area contributed by atoms with Crippen LogP contribution in [0.2, 0.25) is 0 Å². The van der Waals surface area contributed by atoms with Crippen molar-refractivity contribution in [3.05, 3.63) is 45.6 Å². The van der Waals surface area contributed by atoms with E-state index in [9.17, 15) is 19.2 Å². The second-order valence-electron chi connectivity index (χ2n) is 10.8. The number of aryl methyl sites for hydroxylation is 1. The van der Waals surface area contributed by atoms with Gasteiger partial charge in [-0.2, -0.15) is 11.8 Å². The van der Waals surface area contributed by atoms with E-state index in [-0.39, 0.29) is 28.9 Å². The van der Waals surface area contributed by atoms with E-state index >= 15 is 0 Å². The maximum Gasteiger partial charge on any atom is 0.305 e. The predicted molar refractivity (Wildman–Crippen MR) is 177 cm³/mol. The first-order valence-corrected chi connectivity index (χ1v) is 16.5. The number of thioether (sulfide) groups is 1. The number of ether oxygens (including phenoxy) is 4. The Morgan fingerprint density at radius 1 is 1.00 bits per heavy atom. The molecule has 1 aliphatic rings. The first-order valence-electron chi connectivity index (χ1n) is 15.1. The van der Waals surface area contributed by atoms with Gasteiger partial charge in [-0.1, -0.05) is 12.5 Å². The van der Waals surface area contributed by atoms with Gasteiger partial charge in [0.25, 0.3) is 0 Å². The summed E-state index contributed by atoms with van der Waals surface area (Å²) < 4.78 is 21.8. The second-order valence-corrected chi connectivity index (χ2v) is 11.7. The standard InChI is InChI=1S/C33H45N3O8S/c1-20(37)35-24-13-11-21-18-28(41-2)31(43-4)32(44-5)30(21)22-12-14-25(27(38)19-23(22)24)36-26(15-17-45-6)33(40)34-16-9-7-8-10-29(39)42-3/h12,14,18-19,24,26H,7-11,13,15-17H2,1-6H3,(H,34,40)(H,35,37)(H,36,38). The van der Waals surface area contributed by atoms with Gasteiger partial charge in [0.05, 0.1) is 40.2 Å². The van der Waals surface area contributed by atoms with E-state index in [1.54, 1.807) is 32.0 Å². The molecule has 2 amide bonds. The first-order chi connectivity index (χ1) is 21.7. The van der Waals surface area contributed by atoms with Crippen LogP contribution in [0.5, 0.6) is 17.2 Å². The lowest BCUT2D eigenvalue weighted by Gasteiger charge is -2.19. The van der Waals surface area contributed by atoms with Crippen molar-refractivity contribution < 1.29 is 33.3 Å². The number of nitrogens with one attached hydrogen (secondary N) is 3. The summed E-state index contributed by atoms with van der Waals surface area (Å²) in [7, 11) is 6.02. The summed E-state index contributed by atoms with van der Waals surface area (Å²) in [5.74, 6) is 1.46. The normalized spacial score (nSPS) is 14.1. The van der Waals surface area contributed by atoms with E-state index in [2.05, 4.69) is 20.7 Å². The lowest BCUT2D eigenvalue weighted by Crippen LogP contribution is -2.41. The molecule has 3 N–H and O–H groups in total. The molecule has 11 nitrogen and oxygen atoms in total. The van der Waals surface area contributed by atoms with Crippen molar-refractivity contribution in [2.24, 2.45) is 0 Å². The number of esters is 1. The predicted octanol–water partition coefficient (Wildman–Crippen LogP) is 4.25. The van der Waals surface area contributed by atoms with Crippen LogP contribution in [0.3, 0.4) is 0 Å². The fourth-order valence-electron chi connectivity index (χ4n) is 5.53. The first kappa shape index (κ1) is 35.5. The number of hydrogen-bond acceptors (Lipinski definition) is 10. The highest BCUT2D eigenvalue weighted by Crippen LogP contribution is 2.50. The number of anilines is 1. The average molecular weight is 644 g/mol. The molecule has 0 saturated heterocycles. The van der Waals surface area contributed by atoms with Crippen molar-refractivity contribution in [1.82, 2.24) is 10.6 Å². The molecule has 0 heterocycles. The van der Waals surface area contributed by atoms with Crippen LogP contribution in [-0.2, 0) is 25.5 Å². The molecule has 0 saturated carbocycles. The summed E-state index contributed by atoms with van der Waals surface area (Å²) in [5, 5.41) is 9.18. The monoisotopic (exact) mass is 643 g/mol. The van der Waals surface area contributed by atoms with Crippen LogP contribution in [0.1, 0.15) is 62.6 Å². The number of unbranched alkanes of at least 4 members (excludes halogenated alkanes) is 2. The summed E-state index contributed by atoms with van der Waals surface area (Å²) in [6, 6.07) is 5.88. The molecular formula is C33H45N3O8S. The number of fused-ring (bicyclic) bond motifs is 3. The number of amides is 2. The maximum absolute atomic E-state index is 13.7. The number of methoxy groups -OCH3 is 4. The Hall–Kier alpha value is -3.93. The van der Waals surface area contributed by atoms with Crippen LogP contribution in [0.15, 0.2) is 29.1 Å². The molecule has 0 radical (unpaired) electrons. The van der Waals surface area contributed by atoms with Crippen molar-refractivity contribution in [2.75, 3.05) is 52.3 Å². The van der Waals surface area contributed by atoms with Gasteiger partial charge in [-0.3, -0.25) is 19.2 Å². The fraction of sp³-hybridized carbons (Fsp3) is 0.515. The molecule has 2 atom stereocenters. The van der Waals surface area contributed by atoms with E-state index < -0.39 is 12.1 Å². The summed E-state index contributed by atoms with van der Waals surface area (Å²) in [4.78, 5) is 50.5. The smallest absolute Gasteiger partial charge is 0.305 e. The molecular weight excluding hydrogens is 598 g/mol. The van der Waals surface area contributed by atoms with Crippen molar-refractivity contribution in [2.45, 2.75) is 64.0 Å². The highest BCUT2D eigenvalue weighted by Gasteiger charge is 2.30. The Kier molecular flexibility index (Phi) is 13.8. The molecule has 45 heavy (non-hydrogen) atoms. The van der Waals surface area contributed by atoms with E-state index in [1.807, 2.05) is 18.4 Å². The quantitative estimate of drug-likeness (QED) is 0.180. The molecule has 12 heteroatoms. The van der Waals surface area contributed by atoms with Crippen LogP contribution in [0.4, 0.5) is 5.69 Å². The van der Waals surface area contributed by atoms with E-state index in [1.165, 1.54) is 27.2 Å². The number of carbonyl (C=O) groups excluding carboxylic acids is 3. The minimum Gasteiger partial charge on any atom is -0.493 e. The van der Waals surface area contributed by atoms with Gasteiger partial charge in [-0.25, -0.2) is 0 Å². The van der Waals surface area contributed by atoms with Crippen molar-refractivity contribution >= 4 is 35.2 Å². The van der Waals surface area contributed by atoms with Crippen molar-refractivity contribution in [3.63, 3.8) is 0 Å². The molecule has 2 aromatic rings. The van der Waals surface area contributed by atoms with E-state index in [0.717, 1.165) is 24.0 Å². The zero-order valence-corrected chi connectivity index (χ0v) is 27.8. The number of benzene rings is 1. The van der Waals surface area contributed by atoms with Gasteiger partial charge in [-0.05, 0) is 79.0 Å². The summed E-state index contributed by atoms with van der Waals surface area (Å²) >= 11 is 1.61. The van der Waals surface area contributed by atoms with Crippen LogP contribution in [0.25, 0.3) is 11.1 Å². The largest absolute Gasteiger partial charge is 0.493 e. The number of hydrogen-bond donors (Lipinski definition) is 3. The summed E-state index contributed by atoms with van der Waals surface area (Å²) in [6.45, 7) is 1.91. The molecule has 0 fully saturated rings. The minimum absolute atomic E-state index is 0.204. The molecule has 0 bridgehead atoms. The minimum atomic E-state index is -0.639. The van der Waals surface area contributed by atoms with Crippen LogP contribution in [0, 0.1) is 0 Å². The van der Waals surface area contributed by atoms with Gasteiger partial charge in [0.1, 0.15) is 6.04 Å². The highest BCUT2D eigenvalue weighted by atomic mass is 32.2. The van der Waals surface area contributed by atoms with E-state index in [4.69, 9.17) is 14.2 Å². The molecule has 246 valence electrons. The van der Waals surface area contributed by atoms with Gasteiger partial charge >= 0.3 is 5.97 Å². The highest BCUT2D eigenvalue weighted by molar-refractivity contribution is 7.98. The second kappa shape index (κ2) is 17.5. The van der Waals surface area contributed by atoms with Gasteiger partial charge < -0.3 is 34.9 Å². The Morgan fingerprint density at radius 3 is 2.40 bits per heavy atom. The third kappa shape index (κ3) is 9.29. The summed E-state index contributed by atoms with van der Waals surface area (Å²) in [6.07, 6.45) is 6.14. The average Bonchev–Trinajstić information content (AvgIpc) is 3.27. The van der Waals surface area contributed by atoms with Gasteiger partial charge in [0.15, 0.2) is 11.5 Å². The summed E-state index contributed by atoms with van der Waals surface area (Å²) in [5.41, 5.74) is 2.99. The lowest BCUT2D eigenvalue weighted by atomic mass is 9.95. The number of rotatable bonds is 16. The molecule has 2 aromatic carbocycles. The topological polar surface area (TPSA) is 141 Å². The molecule has 1 aliphatic carbocycles. The Labute approximate surface area is 269 Å². The maximum atomic E-state index is 13.7. The SMILES string of the molecule is COC(=O)CCCCCNC(=O)C(CCSC)Nc1ccc2c(cc1=O)C(NC(C)=O)CCc1cc(OC)c(OC)c(OC)c1-2. The fourth-order valence-corrected chi connectivity index (χ4v) is 6.00. The molecule has 2 unspecified atom stereocenters. The van der Waals surface area contributed by atoms with Gasteiger partial charge in [-0.15, -0.1) is 0 Å². The molecule has 0 spiro atoms. The van der Waals surface area contributed by atoms with Crippen molar-refractivity contribution in [3.8, 4) is 28.4 Å². The Balaban J connectivity index is 1.99. The van der Waals surface area contributed by atoms with Crippen LogP contribution in [-0.4, -0.2) is 70.8 Å². The third-order valence-electron chi connectivity index (χ3n) is 7.76. The van der Waals surface area contributed by atoms with E-state index in [0.29, 0.717) is 72.8 Å². The van der Waals surface area contributed by atoms with Crippen molar-refractivity contribution in [1.29, 1.82) is 0 Å². The lowest BCUT2D eigenvalue weighted by molar-refractivity contribution is -0.140. The molecule has 3 rings (SSSR count). The molecule has 0 aromatic heterocycles. The molecule has 0 aliphatic heterocycles. The third-order valence-corrected chi connectivity index (χ3v) is 8.40. The Bertz CT molecular complexity index is 1420. The number of carbonyl (C=O) groups is 3. The van der Waals surface area contributed by atoms with Gasteiger partial charge in [0, 0.05) is 25.5 Å². The zero-order valence-electron chi connectivity index (χ0n) is 27.0. The Morgan fingerprint density at radius 2 is 1.76 bits per heavy atom. The van der Waals surface area contributed by atoms with Crippen LogP contribution < -0.4 is 35.6 Å².